The number of hydrogen-bond acceptors (Lipinski definition) is 2. The van der Waals surface area contributed by atoms with Gasteiger partial charge in [-0.05, 0) is 70.0 Å². The summed E-state index contributed by atoms with van der Waals surface area (Å²) in [4.78, 5) is 2.57. The van der Waals surface area contributed by atoms with E-state index in [0.717, 1.165) is 11.2 Å². The number of benzene rings is 2. The average molecular weight is 335 g/mol. The fourth-order valence-electron chi connectivity index (χ4n) is 5.28. The van der Waals surface area contributed by atoms with E-state index in [-0.39, 0.29) is 5.54 Å². The summed E-state index contributed by atoms with van der Waals surface area (Å²) in [6, 6.07) is 13.6. The lowest BCUT2D eigenvalue weighted by molar-refractivity contribution is 0.145. The van der Waals surface area contributed by atoms with Crippen LogP contribution in [0.1, 0.15) is 51.2 Å². The molecule has 2 unspecified atom stereocenters. The van der Waals surface area contributed by atoms with Crippen LogP contribution in [0.2, 0.25) is 0 Å². The summed E-state index contributed by atoms with van der Waals surface area (Å²) >= 11 is 0. The van der Waals surface area contributed by atoms with Crippen molar-refractivity contribution in [3.05, 3.63) is 47.5 Å². The number of furan rings is 1. The molecular formula is C23H29NO. The number of likely N-dealkylation sites (tertiary alicyclic amines) is 1. The molecule has 0 radical (unpaired) electrons. The van der Waals surface area contributed by atoms with Crippen molar-refractivity contribution in [2.45, 2.75) is 58.5 Å². The average Bonchev–Trinajstić information content (AvgIpc) is 3.01. The third-order valence-corrected chi connectivity index (χ3v) is 6.94. The Hall–Kier alpha value is -1.80. The van der Waals surface area contributed by atoms with E-state index in [0.29, 0.717) is 17.9 Å². The van der Waals surface area contributed by atoms with Crippen LogP contribution in [0.15, 0.2) is 40.8 Å². The molecule has 0 N–H and O–H groups in total. The molecule has 132 valence electrons. The quantitative estimate of drug-likeness (QED) is 0.561. The first-order chi connectivity index (χ1) is 11.9. The summed E-state index contributed by atoms with van der Waals surface area (Å²) in [6.07, 6.45) is 1.20. The molecule has 2 aromatic carbocycles. The van der Waals surface area contributed by atoms with E-state index in [4.69, 9.17) is 4.42 Å². The summed E-state index contributed by atoms with van der Waals surface area (Å²) < 4.78 is 6.08. The first-order valence-electron chi connectivity index (χ1n) is 9.51. The highest BCUT2D eigenvalue weighted by molar-refractivity contribution is 6.05. The number of para-hydroxylation sites is 1. The van der Waals surface area contributed by atoms with Gasteiger partial charge in [0.2, 0.25) is 0 Å². The van der Waals surface area contributed by atoms with Crippen molar-refractivity contribution < 1.29 is 4.42 Å². The second kappa shape index (κ2) is 5.60. The molecule has 0 amide bonds. The number of aryl methyl sites for hydroxylation is 1. The summed E-state index contributed by atoms with van der Waals surface area (Å²) in [5.41, 5.74) is 5.06. The normalized spacial score (nSPS) is 26.7. The summed E-state index contributed by atoms with van der Waals surface area (Å²) in [5, 5.41) is 2.48. The molecule has 2 heterocycles. The molecule has 3 aromatic rings. The predicted octanol–water partition coefficient (Wildman–Crippen LogP) is 6.12. The number of fused-ring (bicyclic) bond motifs is 3. The summed E-state index contributed by atoms with van der Waals surface area (Å²) in [7, 11) is 2.29. The predicted molar refractivity (Wildman–Crippen MR) is 106 cm³/mol. The van der Waals surface area contributed by atoms with Crippen LogP contribution in [-0.4, -0.2) is 23.5 Å². The molecule has 1 saturated heterocycles. The Morgan fingerprint density at radius 1 is 1.08 bits per heavy atom. The van der Waals surface area contributed by atoms with Gasteiger partial charge < -0.3 is 4.42 Å². The first kappa shape index (κ1) is 16.7. The Kier molecular flexibility index (Phi) is 3.73. The van der Waals surface area contributed by atoms with Crippen molar-refractivity contribution in [2.75, 3.05) is 7.05 Å². The SMILES string of the molecule is CCC1C(c2cc3c(cc2C)oc2ccccc23)[C@@H](C)N(C)C1(C)C. The third-order valence-electron chi connectivity index (χ3n) is 6.94. The van der Waals surface area contributed by atoms with Gasteiger partial charge in [-0.15, -0.1) is 0 Å². The minimum atomic E-state index is 0.221. The second-order valence-corrected chi connectivity index (χ2v) is 8.35. The Balaban J connectivity index is 1.94. The minimum Gasteiger partial charge on any atom is -0.456 e. The number of rotatable bonds is 2. The lowest BCUT2D eigenvalue weighted by Gasteiger charge is -2.34. The van der Waals surface area contributed by atoms with E-state index in [1.54, 1.807) is 0 Å². The van der Waals surface area contributed by atoms with Crippen molar-refractivity contribution in [3.8, 4) is 0 Å². The van der Waals surface area contributed by atoms with Crippen LogP contribution in [0.3, 0.4) is 0 Å². The molecule has 1 fully saturated rings. The van der Waals surface area contributed by atoms with Crippen molar-refractivity contribution >= 4 is 21.9 Å². The molecule has 4 rings (SSSR count). The molecule has 0 aliphatic carbocycles. The largest absolute Gasteiger partial charge is 0.456 e. The molecule has 0 saturated carbocycles. The Bertz CT molecular complexity index is 936. The van der Waals surface area contributed by atoms with Gasteiger partial charge in [-0.25, -0.2) is 0 Å². The van der Waals surface area contributed by atoms with Gasteiger partial charge in [-0.3, -0.25) is 4.90 Å². The number of likely N-dealkylation sites (N-methyl/N-ethyl adjacent to an activating group) is 1. The van der Waals surface area contributed by atoms with Gasteiger partial charge in [0.15, 0.2) is 0 Å². The molecule has 25 heavy (non-hydrogen) atoms. The van der Waals surface area contributed by atoms with Crippen LogP contribution in [0.25, 0.3) is 21.9 Å². The lowest BCUT2D eigenvalue weighted by atomic mass is 9.74. The van der Waals surface area contributed by atoms with Gasteiger partial charge in [-0.1, -0.05) is 31.5 Å². The topological polar surface area (TPSA) is 16.4 Å². The molecule has 0 spiro atoms. The second-order valence-electron chi connectivity index (χ2n) is 8.35. The van der Waals surface area contributed by atoms with Crippen molar-refractivity contribution in [1.82, 2.24) is 4.90 Å². The smallest absolute Gasteiger partial charge is 0.135 e. The van der Waals surface area contributed by atoms with Crippen LogP contribution >= 0.6 is 0 Å². The van der Waals surface area contributed by atoms with E-state index in [1.807, 2.05) is 6.07 Å². The minimum absolute atomic E-state index is 0.221. The van der Waals surface area contributed by atoms with Crippen LogP contribution in [0.4, 0.5) is 0 Å². The van der Waals surface area contributed by atoms with Gasteiger partial charge in [-0.2, -0.15) is 0 Å². The van der Waals surface area contributed by atoms with Gasteiger partial charge in [0.05, 0.1) is 0 Å². The van der Waals surface area contributed by atoms with E-state index in [9.17, 15) is 0 Å². The van der Waals surface area contributed by atoms with Crippen LogP contribution in [0, 0.1) is 12.8 Å². The highest BCUT2D eigenvalue weighted by atomic mass is 16.3. The molecule has 1 aliphatic heterocycles. The Labute approximate surface area is 150 Å². The number of nitrogens with zero attached hydrogens (tertiary/aromatic N) is 1. The van der Waals surface area contributed by atoms with Gasteiger partial charge in [0.25, 0.3) is 0 Å². The molecule has 1 aliphatic rings. The van der Waals surface area contributed by atoms with Crippen LogP contribution < -0.4 is 0 Å². The first-order valence-corrected chi connectivity index (χ1v) is 9.51. The maximum atomic E-state index is 6.08. The molecule has 2 nitrogen and oxygen atoms in total. The van der Waals surface area contributed by atoms with Crippen molar-refractivity contribution in [2.24, 2.45) is 5.92 Å². The zero-order valence-corrected chi connectivity index (χ0v) is 16.3. The van der Waals surface area contributed by atoms with E-state index in [2.05, 4.69) is 76.9 Å². The monoisotopic (exact) mass is 335 g/mol. The van der Waals surface area contributed by atoms with Crippen molar-refractivity contribution in [3.63, 3.8) is 0 Å². The van der Waals surface area contributed by atoms with E-state index in [1.165, 1.54) is 28.3 Å². The lowest BCUT2D eigenvalue weighted by Crippen LogP contribution is -2.41. The maximum absolute atomic E-state index is 6.08. The van der Waals surface area contributed by atoms with Gasteiger partial charge in [0, 0.05) is 28.3 Å². The van der Waals surface area contributed by atoms with Crippen LogP contribution in [-0.2, 0) is 0 Å². The highest BCUT2D eigenvalue weighted by Crippen LogP contribution is 2.50. The number of hydrogen-bond donors (Lipinski definition) is 0. The molecular weight excluding hydrogens is 306 g/mol. The maximum Gasteiger partial charge on any atom is 0.135 e. The van der Waals surface area contributed by atoms with Gasteiger partial charge in [0.1, 0.15) is 11.2 Å². The molecule has 2 heteroatoms. The fraction of sp³-hybridized carbons (Fsp3) is 0.478. The molecule has 1 aromatic heterocycles. The van der Waals surface area contributed by atoms with E-state index >= 15 is 0 Å². The zero-order chi connectivity index (χ0) is 17.9. The van der Waals surface area contributed by atoms with Gasteiger partial charge >= 0.3 is 0 Å². The highest BCUT2D eigenvalue weighted by Gasteiger charge is 2.50. The third kappa shape index (κ3) is 2.27. The zero-order valence-electron chi connectivity index (χ0n) is 16.3. The summed E-state index contributed by atoms with van der Waals surface area (Å²) in [6.45, 7) is 11.8. The Morgan fingerprint density at radius 3 is 2.52 bits per heavy atom. The fourth-order valence-corrected chi connectivity index (χ4v) is 5.28. The summed E-state index contributed by atoms with van der Waals surface area (Å²) in [5.74, 6) is 1.21. The van der Waals surface area contributed by atoms with E-state index < -0.39 is 0 Å². The standard InChI is InChI=1S/C23H29NO/c1-7-19-22(15(3)24(6)23(19,4)5)17-13-18-16-10-8-9-11-20(16)25-21(18)12-14(17)2/h8-13,15,19,22H,7H2,1-6H3/t15-,19?,22?/m1/s1. The molecule has 3 atom stereocenters. The molecule has 0 bridgehead atoms. The van der Waals surface area contributed by atoms with Crippen LogP contribution in [0.5, 0.6) is 0 Å². The van der Waals surface area contributed by atoms with Crippen molar-refractivity contribution in [1.29, 1.82) is 0 Å². The Morgan fingerprint density at radius 2 is 1.80 bits per heavy atom.